The SMILES string of the molecule is CCCNc1nc(CCC)nc(N(C)CCC(C)C)c1C. The smallest absolute Gasteiger partial charge is 0.137 e. The maximum absolute atomic E-state index is 4.78. The van der Waals surface area contributed by atoms with Gasteiger partial charge in [0.25, 0.3) is 0 Å². The van der Waals surface area contributed by atoms with E-state index in [0.717, 1.165) is 55.4 Å². The first-order valence-electron chi connectivity index (χ1n) is 8.32. The standard InChI is InChI=1S/C17H32N4/c1-7-9-15-19-16(18-11-8-2)14(5)17(20-15)21(6)12-10-13(3)4/h13H,7-12H2,1-6H3,(H,18,19,20). The van der Waals surface area contributed by atoms with Crippen molar-refractivity contribution in [1.82, 2.24) is 9.97 Å². The number of aryl methyl sites for hydroxylation is 1. The summed E-state index contributed by atoms with van der Waals surface area (Å²) < 4.78 is 0. The van der Waals surface area contributed by atoms with E-state index in [1.165, 1.54) is 6.42 Å². The van der Waals surface area contributed by atoms with E-state index in [1.807, 2.05) is 0 Å². The fraction of sp³-hybridized carbons (Fsp3) is 0.765. The minimum Gasteiger partial charge on any atom is -0.370 e. The highest BCUT2D eigenvalue weighted by atomic mass is 15.2. The third-order valence-corrected chi connectivity index (χ3v) is 3.59. The van der Waals surface area contributed by atoms with E-state index in [4.69, 9.17) is 4.98 Å². The van der Waals surface area contributed by atoms with E-state index in [1.54, 1.807) is 0 Å². The zero-order chi connectivity index (χ0) is 15.8. The Morgan fingerprint density at radius 3 is 2.43 bits per heavy atom. The summed E-state index contributed by atoms with van der Waals surface area (Å²) in [6.45, 7) is 13.0. The van der Waals surface area contributed by atoms with Gasteiger partial charge in [-0.2, -0.15) is 0 Å². The summed E-state index contributed by atoms with van der Waals surface area (Å²) in [5, 5.41) is 3.44. The average Bonchev–Trinajstić information content (AvgIpc) is 2.45. The summed E-state index contributed by atoms with van der Waals surface area (Å²) in [5.74, 6) is 3.74. The lowest BCUT2D eigenvalue weighted by Crippen LogP contribution is -2.23. The number of hydrogen-bond donors (Lipinski definition) is 1. The van der Waals surface area contributed by atoms with Crippen molar-refractivity contribution in [3.05, 3.63) is 11.4 Å². The van der Waals surface area contributed by atoms with Crippen LogP contribution < -0.4 is 10.2 Å². The van der Waals surface area contributed by atoms with Gasteiger partial charge in [-0.1, -0.05) is 27.7 Å². The quantitative estimate of drug-likeness (QED) is 0.745. The van der Waals surface area contributed by atoms with Crippen LogP contribution in [0.3, 0.4) is 0 Å². The molecule has 1 rings (SSSR count). The van der Waals surface area contributed by atoms with Gasteiger partial charge in [-0.15, -0.1) is 0 Å². The van der Waals surface area contributed by atoms with Gasteiger partial charge < -0.3 is 10.2 Å². The molecule has 0 aliphatic rings. The summed E-state index contributed by atoms with van der Waals surface area (Å²) in [6.07, 6.45) is 4.30. The predicted octanol–water partition coefficient (Wildman–Crippen LogP) is 4.04. The second kappa shape index (κ2) is 8.85. The van der Waals surface area contributed by atoms with Crippen molar-refractivity contribution in [2.24, 2.45) is 5.92 Å². The molecule has 21 heavy (non-hydrogen) atoms. The lowest BCUT2D eigenvalue weighted by Gasteiger charge is -2.23. The van der Waals surface area contributed by atoms with Crippen molar-refractivity contribution >= 4 is 11.6 Å². The number of aromatic nitrogens is 2. The Hall–Kier alpha value is -1.32. The van der Waals surface area contributed by atoms with Gasteiger partial charge in [0, 0.05) is 32.1 Å². The Labute approximate surface area is 130 Å². The second-order valence-corrected chi connectivity index (χ2v) is 6.22. The van der Waals surface area contributed by atoms with Gasteiger partial charge >= 0.3 is 0 Å². The number of hydrogen-bond acceptors (Lipinski definition) is 4. The molecule has 0 aliphatic carbocycles. The van der Waals surface area contributed by atoms with Crippen LogP contribution in [0.2, 0.25) is 0 Å². The Morgan fingerprint density at radius 1 is 1.14 bits per heavy atom. The molecular weight excluding hydrogens is 260 g/mol. The monoisotopic (exact) mass is 292 g/mol. The molecule has 1 heterocycles. The summed E-state index contributed by atoms with van der Waals surface area (Å²) in [7, 11) is 2.14. The van der Waals surface area contributed by atoms with E-state index in [9.17, 15) is 0 Å². The Morgan fingerprint density at radius 2 is 1.86 bits per heavy atom. The lowest BCUT2D eigenvalue weighted by molar-refractivity contribution is 0.582. The number of nitrogens with one attached hydrogen (secondary N) is 1. The van der Waals surface area contributed by atoms with Gasteiger partial charge in [-0.05, 0) is 32.1 Å². The number of rotatable bonds is 9. The van der Waals surface area contributed by atoms with E-state index >= 15 is 0 Å². The minimum atomic E-state index is 0.711. The first-order valence-corrected chi connectivity index (χ1v) is 8.32. The van der Waals surface area contributed by atoms with Crippen LogP contribution in [0, 0.1) is 12.8 Å². The molecule has 120 valence electrons. The molecule has 1 aromatic rings. The average molecular weight is 292 g/mol. The predicted molar refractivity (Wildman–Crippen MR) is 92.3 cm³/mol. The van der Waals surface area contributed by atoms with Gasteiger partial charge in [0.05, 0.1) is 0 Å². The highest BCUT2D eigenvalue weighted by molar-refractivity contribution is 5.58. The molecule has 1 N–H and O–H groups in total. The van der Waals surface area contributed by atoms with Crippen LogP contribution in [-0.2, 0) is 6.42 Å². The fourth-order valence-corrected chi connectivity index (χ4v) is 2.23. The molecule has 4 heteroatoms. The van der Waals surface area contributed by atoms with Gasteiger partial charge in [-0.3, -0.25) is 0 Å². The van der Waals surface area contributed by atoms with Crippen molar-refractivity contribution in [2.45, 2.75) is 60.3 Å². The molecule has 0 unspecified atom stereocenters. The van der Waals surface area contributed by atoms with Crippen LogP contribution in [0.4, 0.5) is 11.6 Å². The Balaban J connectivity index is 3.00. The summed E-state index contributed by atoms with van der Waals surface area (Å²) in [4.78, 5) is 11.7. The molecule has 0 fully saturated rings. The zero-order valence-electron chi connectivity index (χ0n) is 14.7. The molecule has 0 radical (unpaired) electrons. The molecule has 0 atom stereocenters. The summed E-state index contributed by atoms with van der Waals surface area (Å²) >= 11 is 0. The van der Waals surface area contributed by atoms with Gasteiger partial charge in [-0.25, -0.2) is 9.97 Å². The maximum atomic E-state index is 4.78. The van der Waals surface area contributed by atoms with Gasteiger partial charge in [0.15, 0.2) is 0 Å². The molecule has 0 bridgehead atoms. The van der Waals surface area contributed by atoms with Crippen molar-refractivity contribution in [2.75, 3.05) is 30.4 Å². The van der Waals surface area contributed by atoms with E-state index in [2.05, 4.69) is 56.9 Å². The molecule has 0 amide bonds. The topological polar surface area (TPSA) is 41.1 Å². The van der Waals surface area contributed by atoms with Gasteiger partial charge in [0.2, 0.25) is 0 Å². The first-order chi connectivity index (χ1) is 9.99. The van der Waals surface area contributed by atoms with Crippen LogP contribution in [-0.4, -0.2) is 30.1 Å². The number of anilines is 2. The fourth-order valence-electron chi connectivity index (χ4n) is 2.23. The third kappa shape index (κ3) is 5.52. The molecule has 4 nitrogen and oxygen atoms in total. The Bertz CT molecular complexity index is 429. The third-order valence-electron chi connectivity index (χ3n) is 3.59. The van der Waals surface area contributed by atoms with Crippen molar-refractivity contribution in [3.63, 3.8) is 0 Å². The van der Waals surface area contributed by atoms with Crippen molar-refractivity contribution in [3.8, 4) is 0 Å². The summed E-state index contributed by atoms with van der Waals surface area (Å²) in [6, 6.07) is 0. The second-order valence-electron chi connectivity index (χ2n) is 6.22. The lowest BCUT2D eigenvalue weighted by atomic mass is 10.1. The Kier molecular flexibility index (Phi) is 7.48. The van der Waals surface area contributed by atoms with Crippen LogP contribution in [0.15, 0.2) is 0 Å². The van der Waals surface area contributed by atoms with E-state index in [-0.39, 0.29) is 0 Å². The van der Waals surface area contributed by atoms with Crippen LogP contribution in [0.25, 0.3) is 0 Å². The maximum Gasteiger partial charge on any atom is 0.137 e. The molecule has 0 saturated heterocycles. The molecular formula is C17H32N4. The molecule has 1 aromatic heterocycles. The molecule has 0 saturated carbocycles. The van der Waals surface area contributed by atoms with Crippen molar-refractivity contribution in [1.29, 1.82) is 0 Å². The van der Waals surface area contributed by atoms with Crippen LogP contribution >= 0.6 is 0 Å². The van der Waals surface area contributed by atoms with Crippen molar-refractivity contribution < 1.29 is 0 Å². The highest BCUT2D eigenvalue weighted by Gasteiger charge is 2.14. The highest BCUT2D eigenvalue weighted by Crippen LogP contribution is 2.24. The normalized spacial score (nSPS) is 11.0. The summed E-state index contributed by atoms with van der Waals surface area (Å²) in [5.41, 5.74) is 1.16. The van der Waals surface area contributed by atoms with E-state index in [0.29, 0.717) is 5.92 Å². The van der Waals surface area contributed by atoms with Crippen LogP contribution in [0.5, 0.6) is 0 Å². The minimum absolute atomic E-state index is 0.711. The molecule has 0 aliphatic heterocycles. The van der Waals surface area contributed by atoms with Gasteiger partial charge in [0.1, 0.15) is 17.5 Å². The zero-order valence-corrected chi connectivity index (χ0v) is 14.7. The molecule has 0 aromatic carbocycles. The van der Waals surface area contributed by atoms with Crippen LogP contribution in [0.1, 0.15) is 58.3 Å². The first kappa shape index (κ1) is 17.7. The van der Waals surface area contributed by atoms with E-state index < -0.39 is 0 Å². The molecule has 0 spiro atoms. The largest absolute Gasteiger partial charge is 0.370 e. The number of nitrogens with zero attached hydrogens (tertiary/aromatic N) is 3.